The Balaban J connectivity index is 2.37. The Hall–Kier alpha value is -1.58. The van der Waals surface area contributed by atoms with Gasteiger partial charge in [-0.05, 0) is 31.5 Å². The first-order valence-electron chi connectivity index (χ1n) is 5.53. The third-order valence-corrected chi connectivity index (χ3v) is 5.11. The SMILES string of the molecule is Cc1nnc(NS(=O)(=O)c2ccc(C(N)=S)cc2C)s1. The Morgan fingerprint density at radius 1 is 1.35 bits per heavy atom. The van der Waals surface area contributed by atoms with Gasteiger partial charge in [-0.15, -0.1) is 10.2 Å². The highest BCUT2D eigenvalue weighted by Gasteiger charge is 2.19. The van der Waals surface area contributed by atoms with Crippen molar-refractivity contribution in [3.05, 3.63) is 34.3 Å². The molecule has 9 heteroatoms. The first-order valence-corrected chi connectivity index (χ1v) is 8.24. The average Bonchev–Trinajstić information content (AvgIpc) is 2.73. The van der Waals surface area contributed by atoms with E-state index in [-0.39, 0.29) is 15.0 Å². The summed E-state index contributed by atoms with van der Waals surface area (Å²) in [5, 5.41) is 8.42. The highest BCUT2D eigenvalue weighted by Crippen LogP contribution is 2.22. The number of rotatable bonds is 4. The zero-order chi connectivity index (χ0) is 14.9. The molecule has 0 atom stereocenters. The van der Waals surface area contributed by atoms with E-state index in [1.807, 2.05) is 0 Å². The zero-order valence-electron chi connectivity index (χ0n) is 10.7. The molecule has 0 saturated heterocycles. The van der Waals surface area contributed by atoms with Gasteiger partial charge < -0.3 is 5.73 Å². The lowest BCUT2D eigenvalue weighted by Crippen LogP contribution is -2.15. The quantitative estimate of drug-likeness (QED) is 0.827. The van der Waals surface area contributed by atoms with Gasteiger partial charge in [-0.2, -0.15) is 0 Å². The Morgan fingerprint density at radius 3 is 2.55 bits per heavy atom. The summed E-state index contributed by atoms with van der Waals surface area (Å²) >= 11 is 6.03. The fraction of sp³-hybridized carbons (Fsp3) is 0.182. The summed E-state index contributed by atoms with van der Waals surface area (Å²) in [7, 11) is -3.70. The summed E-state index contributed by atoms with van der Waals surface area (Å²) in [5.74, 6) is 0. The number of anilines is 1. The van der Waals surface area contributed by atoms with Gasteiger partial charge in [0.05, 0.1) is 4.90 Å². The summed E-state index contributed by atoms with van der Waals surface area (Å²) < 4.78 is 27.0. The lowest BCUT2D eigenvalue weighted by atomic mass is 10.1. The summed E-state index contributed by atoms with van der Waals surface area (Å²) in [5.41, 5.74) is 6.71. The lowest BCUT2D eigenvalue weighted by molar-refractivity contribution is 0.600. The number of nitrogens with two attached hydrogens (primary N) is 1. The van der Waals surface area contributed by atoms with Crippen molar-refractivity contribution in [3.8, 4) is 0 Å². The molecule has 3 N–H and O–H groups in total. The molecule has 1 aromatic carbocycles. The molecule has 0 aliphatic rings. The molecule has 0 amide bonds. The molecule has 1 heterocycles. The fourth-order valence-corrected chi connectivity index (χ4v) is 3.79. The first-order chi connectivity index (χ1) is 9.29. The highest BCUT2D eigenvalue weighted by molar-refractivity contribution is 7.93. The molecule has 0 aliphatic carbocycles. The van der Waals surface area contributed by atoms with Crippen molar-refractivity contribution in [1.29, 1.82) is 0 Å². The molecule has 0 unspecified atom stereocenters. The van der Waals surface area contributed by atoms with Crippen molar-refractivity contribution in [2.75, 3.05) is 4.72 Å². The summed E-state index contributed by atoms with van der Waals surface area (Å²) in [6.07, 6.45) is 0. The van der Waals surface area contributed by atoms with Gasteiger partial charge in [-0.25, -0.2) is 8.42 Å². The summed E-state index contributed by atoms with van der Waals surface area (Å²) in [6, 6.07) is 4.69. The van der Waals surface area contributed by atoms with Crippen LogP contribution in [0.3, 0.4) is 0 Å². The molecule has 0 bridgehead atoms. The lowest BCUT2D eigenvalue weighted by Gasteiger charge is -2.09. The number of benzene rings is 1. The number of aromatic nitrogens is 2. The highest BCUT2D eigenvalue weighted by atomic mass is 32.2. The van der Waals surface area contributed by atoms with Crippen LogP contribution in [0.25, 0.3) is 0 Å². The number of aryl methyl sites for hydroxylation is 2. The molecule has 0 fully saturated rings. The van der Waals surface area contributed by atoms with Crippen LogP contribution in [0.5, 0.6) is 0 Å². The minimum absolute atomic E-state index is 0.158. The molecule has 20 heavy (non-hydrogen) atoms. The Bertz CT molecular complexity index is 768. The van der Waals surface area contributed by atoms with Crippen LogP contribution in [-0.4, -0.2) is 23.6 Å². The third-order valence-electron chi connectivity index (χ3n) is 2.50. The molecule has 0 saturated carbocycles. The number of hydrogen-bond donors (Lipinski definition) is 2. The zero-order valence-corrected chi connectivity index (χ0v) is 13.2. The van der Waals surface area contributed by atoms with Crippen molar-refractivity contribution in [2.24, 2.45) is 5.73 Å². The second-order valence-corrected chi connectivity index (χ2v) is 7.35. The summed E-state index contributed by atoms with van der Waals surface area (Å²) in [6.45, 7) is 3.43. The molecule has 2 aromatic rings. The van der Waals surface area contributed by atoms with Crippen LogP contribution in [0.1, 0.15) is 16.1 Å². The van der Waals surface area contributed by atoms with Gasteiger partial charge in [-0.1, -0.05) is 29.6 Å². The monoisotopic (exact) mass is 328 g/mol. The average molecular weight is 328 g/mol. The van der Waals surface area contributed by atoms with Crippen LogP contribution in [0.2, 0.25) is 0 Å². The summed E-state index contributed by atoms with van der Waals surface area (Å²) in [4.78, 5) is 0.384. The maximum absolute atomic E-state index is 12.3. The number of thiocarbonyl (C=S) groups is 1. The molecule has 1 aromatic heterocycles. The van der Waals surface area contributed by atoms with E-state index in [0.717, 1.165) is 0 Å². The second-order valence-electron chi connectivity index (χ2n) is 4.08. The predicted octanol–water partition coefficient (Wildman–Crippen LogP) is 1.59. The molecular weight excluding hydrogens is 316 g/mol. The van der Waals surface area contributed by atoms with Crippen LogP contribution in [0.15, 0.2) is 23.1 Å². The predicted molar refractivity (Wildman–Crippen MR) is 82.5 cm³/mol. The fourth-order valence-electron chi connectivity index (χ4n) is 1.61. The van der Waals surface area contributed by atoms with E-state index in [1.54, 1.807) is 26.0 Å². The van der Waals surface area contributed by atoms with E-state index in [1.165, 1.54) is 17.4 Å². The van der Waals surface area contributed by atoms with Crippen molar-refractivity contribution in [1.82, 2.24) is 10.2 Å². The number of nitrogens with one attached hydrogen (secondary N) is 1. The number of sulfonamides is 1. The number of hydrogen-bond acceptors (Lipinski definition) is 6. The van der Waals surface area contributed by atoms with E-state index in [0.29, 0.717) is 16.1 Å². The van der Waals surface area contributed by atoms with Gasteiger partial charge in [0.25, 0.3) is 10.0 Å². The van der Waals surface area contributed by atoms with Gasteiger partial charge in [0.2, 0.25) is 5.13 Å². The van der Waals surface area contributed by atoms with E-state index in [9.17, 15) is 8.42 Å². The van der Waals surface area contributed by atoms with Crippen molar-refractivity contribution < 1.29 is 8.42 Å². The van der Waals surface area contributed by atoms with Gasteiger partial charge in [0.1, 0.15) is 10.00 Å². The van der Waals surface area contributed by atoms with E-state index in [2.05, 4.69) is 14.9 Å². The van der Waals surface area contributed by atoms with Crippen molar-refractivity contribution >= 4 is 43.7 Å². The topological polar surface area (TPSA) is 98.0 Å². The van der Waals surface area contributed by atoms with Crippen LogP contribution in [0.4, 0.5) is 5.13 Å². The van der Waals surface area contributed by atoms with Crippen LogP contribution in [-0.2, 0) is 10.0 Å². The normalized spacial score (nSPS) is 11.3. The van der Waals surface area contributed by atoms with Gasteiger partial charge in [0, 0.05) is 5.56 Å². The minimum Gasteiger partial charge on any atom is -0.389 e. The Labute approximate surface area is 126 Å². The van der Waals surface area contributed by atoms with Crippen molar-refractivity contribution in [3.63, 3.8) is 0 Å². The van der Waals surface area contributed by atoms with Crippen molar-refractivity contribution in [2.45, 2.75) is 18.7 Å². The van der Waals surface area contributed by atoms with Crippen LogP contribution in [0, 0.1) is 13.8 Å². The smallest absolute Gasteiger partial charge is 0.263 e. The van der Waals surface area contributed by atoms with E-state index in [4.69, 9.17) is 18.0 Å². The molecule has 0 aliphatic heterocycles. The van der Waals surface area contributed by atoms with Gasteiger partial charge in [-0.3, -0.25) is 4.72 Å². The molecular formula is C11H12N4O2S3. The van der Waals surface area contributed by atoms with E-state index >= 15 is 0 Å². The third kappa shape index (κ3) is 3.11. The molecule has 0 spiro atoms. The molecule has 0 radical (unpaired) electrons. The van der Waals surface area contributed by atoms with Crippen LogP contribution >= 0.6 is 23.6 Å². The minimum atomic E-state index is -3.70. The molecule has 6 nitrogen and oxygen atoms in total. The second kappa shape index (κ2) is 5.43. The van der Waals surface area contributed by atoms with Crippen LogP contribution < -0.4 is 10.5 Å². The Kier molecular flexibility index (Phi) is 4.02. The maximum Gasteiger partial charge on any atom is 0.263 e. The molecule has 2 rings (SSSR count). The van der Waals surface area contributed by atoms with Gasteiger partial charge >= 0.3 is 0 Å². The van der Waals surface area contributed by atoms with E-state index < -0.39 is 10.0 Å². The van der Waals surface area contributed by atoms with Gasteiger partial charge in [0.15, 0.2) is 0 Å². The Morgan fingerprint density at radius 2 is 2.05 bits per heavy atom. The first kappa shape index (κ1) is 14.8. The molecule has 106 valence electrons. The maximum atomic E-state index is 12.3. The largest absolute Gasteiger partial charge is 0.389 e. The standard InChI is InChI=1S/C11H12N4O2S3/c1-6-5-8(10(12)18)3-4-9(6)20(16,17)15-11-14-13-7(2)19-11/h3-5H,1-2H3,(H2,12,18)(H,14,15). The number of nitrogens with zero attached hydrogens (tertiary/aromatic N) is 2.